The zero-order valence-corrected chi connectivity index (χ0v) is 22.1. The van der Waals surface area contributed by atoms with E-state index in [1.165, 1.54) is 25.3 Å². The van der Waals surface area contributed by atoms with E-state index in [4.69, 9.17) is 9.47 Å². The molecule has 4 rings (SSSR count). The molecule has 3 aromatic rings. The molecule has 11 nitrogen and oxygen atoms in total. The molecule has 2 aromatic carbocycles. The summed E-state index contributed by atoms with van der Waals surface area (Å²) in [4.78, 5) is 53.1. The molecule has 12 heteroatoms. The molecule has 0 radical (unpaired) electrons. The number of benzene rings is 2. The highest BCUT2D eigenvalue weighted by molar-refractivity contribution is 8.18. The van der Waals surface area contributed by atoms with Crippen LogP contribution in [-0.4, -0.2) is 45.5 Å². The van der Waals surface area contributed by atoms with Crippen molar-refractivity contribution in [3.05, 3.63) is 86.9 Å². The van der Waals surface area contributed by atoms with Crippen LogP contribution in [0.5, 0.6) is 17.4 Å². The molecule has 2 heterocycles. The van der Waals surface area contributed by atoms with Crippen LogP contribution in [0.3, 0.4) is 0 Å². The molecular weight excluding hydrogens is 524 g/mol. The van der Waals surface area contributed by atoms with Gasteiger partial charge in [-0.05, 0) is 59.1 Å². The molecule has 3 amide bonds. The number of carbonyl (C=O) groups is 3. The van der Waals surface area contributed by atoms with Crippen molar-refractivity contribution in [2.45, 2.75) is 19.8 Å². The smallest absolute Gasteiger partial charge is 0.294 e. The van der Waals surface area contributed by atoms with Gasteiger partial charge >= 0.3 is 0 Å². The molecule has 1 aliphatic rings. The number of nitro groups is 1. The Labute approximate surface area is 228 Å². The molecule has 0 aliphatic carbocycles. The second-order valence-corrected chi connectivity index (χ2v) is 9.71. The van der Waals surface area contributed by atoms with E-state index >= 15 is 0 Å². The van der Waals surface area contributed by atoms with E-state index in [9.17, 15) is 24.5 Å². The zero-order chi connectivity index (χ0) is 28.1. The Balaban J connectivity index is 1.43. The second-order valence-electron chi connectivity index (χ2n) is 8.72. The molecule has 1 aromatic heterocycles. The highest BCUT2D eigenvalue weighted by atomic mass is 32.2. The van der Waals surface area contributed by atoms with E-state index in [2.05, 4.69) is 24.1 Å². The van der Waals surface area contributed by atoms with Crippen molar-refractivity contribution in [1.82, 2.24) is 9.88 Å². The van der Waals surface area contributed by atoms with E-state index in [0.717, 1.165) is 28.4 Å². The Morgan fingerprint density at radius 2 is 1.87 bits per heavy atom. The molecule has 200 valence electrons. The number of nitrogens with one attached hydrogen (secondary N) is 1. The fourth-order valence-electron chi connectivity index (χ4n) is 3.59. The van der Waals surface area contributed by atoms with Crippen LogP contribution in [0, 0.1) is 10.1 Å². The third kappa shape index (κ3) is 6.60. The number of hydrogen-bond donors (Lipinski definition) is 1. The Bertz CT molecular complexity index is 1450. The van der Waals surface area contributed by atoms with Crippen molar-refractivity contribution >= 4 is 46.3 Å². The highest BCUT2D eigenvalue weighted by Crippen LogP contribution is 2.36. The van der Waals surface area contributed by atoms with Crippen LogP contribution in [0.25, 0.3) is 6.08 Å². The number of imide groups is 1. The number of ether oxygens (including phenoxy) is 2. The van der Waals surface area contributed by atoms with Gasteiger partial charge in [-0.1, -0.05) is 32.0 Å². The number of carbonyl (C=O) groups excluding carboxylic acids is 3. The summed E-state index contributed by atoms with van der Waals surface area (Å²) in [7, 11) is 1.43. The highest BCUT2D eigenvalue weighted by Gasteiger charge is 2.36. The van der Waals surface area contributed by atoms with E-state index in [-0.39, 0.29) is 16.5 Å². The summed E-state index contributed by atoms with van der Waals surface area (Å²) in [5.74, 6) is 0.0197. The van der Waals surface area contributed by atoms with Crippen LogP contribution in [0.4, 0.5) is 16.2 Å². The lowest BCUT2D eigenvalue weighted by Gasteiger charge is -2.13. The summed E-state index contributed by atoms with van der Waals surface area (Å²) in [6, 6.07) is 14.8. The van der Waals surface area contributed by atoms with Crippen LogP contribution in [0.1, 0.15) is 30.9 Å². The number of hydrogen-bond acceptors (Lipinski definition) is 9. The molecule has 39 heavy (non-hydrogen) atoms. The minimum absolute atomic E-state index is 0.127. The van der Waals surface area contributed by atoms with Crippen LogP contribution < -0.4 is 14.8 Å². The first-order valence-corrected chi connectivity index (χ1v) is 12.6. The topological polar surface area (TPSA) is 141 Å². The monoisotopic (exact) mass is 548 g/mol. The van der Waals surface area contributed by atoms with Crippen molar-refractivity contribution in [1.29, 1.82) is 0 Å². The molecule has 0 unspecified atom stereocenters. The van der Waals surface area contributed by atoms with E-state index < -0.39 is 28.5 Å². The lowest BCUT2D eigenvalue weighted by Crippen LogP contribution is -2.36. The Morgan fingerprint density at radius 3 is 2.49 bits per heavy atom. The number of rotatable bonds is 9. The first-order chi connectivity index (χ1) is 18.6. The van der Waals surface area contributed by atoms with Gasteiger partial charge in [0, 0.05) is 17.8 Å². The van der Waals surface area contributed by atoms with Gasteiger partial charge in [-0.25, -0.2) is 4.98 Å². The SMILES string of the molecule is COc1cc(/C=C2/SC(=O)N(CC(=O)Nc3ccc(C(C)C)cc3)C2=O)ccc1Oc1ccc([N+](=O)[O-])cn1. The third-order valence-electron chi connectivity index (χ3n) is 5.67. The quantitative estimate of drug-likeness (QED) is 0.206. The van der Waals surface area contributed by atoms with Crippen LogP contribution in [-0.2, 0) is 9.59 Å². The number of methoxy groups -OCH3 is 1. The van der Waals surface area contributed by atoms with Gasteiger partial charge in [0.15, 0.2) is 11.5 Å². The fourth-order valence-corrected chi connectivity index (χ4v) is 4.43. The summed E-state index contributed by atoms with van der Waals surface area (Å²) < 4.78 is 11.0. The van der Waals surface area contributed by atoms with Gasteiger partial charge < -0.3 is 14.8 Å². The lowest BCUT2D eigenvalue weighted by molar-refractivity contribution is -0.385. The molecule has 0 saturated carbocycles. The fraction of sp³-hybridized carbons (Fsp3) is 0.185. The van der Waals surface area contributed by atoms with Crippen molar-refractivity contribution in [3.63, 3.8) is 0 Å². The molecule has 1 N–H and O–H groups in total. The Morgan fingerprint density at radius 1 is 1.13 bits per heavy atom. The summed E-state index contributed by atoms with van der Waals surface area (Å²) >= 11 is 0.735. The summed E-state index contributed by atoms with van der Waals surface area (Å²) in [6.07, 6.45) is 2.60. The van der Waals surface area contributed by atoms with Gasteiger partial charge in [0.1, 0.15) is 12.7 Å². The van der Waals surface area contributed by atoms with Crippen LogP contribution in [0.2, 0.25) is 0 Å². The second kappa shape index (κ2) is 11.8. The maximum absolute atomic E-state index is 12.9. The molecule has 1 saturated heterocycles. The molecular formula is C27H24N4O7S. The first-order valence-electron chi connectivity index (χ1n) is 11.8. The predicted molar refractivity (Wildman–Crippen MR) is 146 cm³/mol. The van der Waals surface area contributed by atoms with E-state index in [1.807, 2.05) is 12.1 Å². The standard InChI is InChI=1S/C27H24N4O7S/c1-16(2)18-5-7-19(8-6-18)29-24(32)15-30-26(33)23(39-27(30)34)13-17-4-10-21(22(12-17)37-3)38-25-11-9-20(14-28-25)31(35)36/h4-14,16H,15H2,1-3H3,(H,29,32)/b23-13+. The van der Waals surface area contributed by atoms with Crippen LogP contribution >= 0.6 is 11.8 Å². The third-order valence-corrected chi connectivity index (χ3v) is 6.58. The first kappa shape index (κ1) is 27.3. The molecule has 0 atom stereocenters. The summed E-state index contributed by atoms with van der Waals surface area (Å²) in [6.45, 7) is 3.73. The van der Waals surface area contributed by atoms with Gasteiger partial charge in [0.25, 0.3) is 16.8 Å². The number of amides is 3. The minimum atomic E-state index is -0.579. The zero-order valence-electron chi connectivity index (χ0n) is 21.2. The Kier molecular flexibility index (Phi) is 8.25. The number of nitrogens with zero attached hydrogens (tertiary/aromatic N) is 3. The predicted octanol–water partition coefficient (Wildman–Crippen LogP) is 5.59. The molecule has 1 aliphatic heterocycles. The lowest BCUT2D eigenvalue weighted by atomic mass is 10.0. The van der Waals surface area contributed by atoms with Crippen molar-refractivity contribution in [2.24, 2.45) is 0 Å². The van der Waals surface area contributed by atoms with Crippen molar-refractivity contribution in [2.75, 3.05) is 19.0 Å². The van der Waals surface area contributed by atoms with Crippen LogP contribution in [0.15, 0.2) is 65.7 Å². The normalized spacial score (nSPS) is 14.2. The molecule has 0 spiro atoms. The van der Waals surface area contributed by atoms with Gasteiger partial charge in [-0.15, -0.1) is 0 Å². The van der Waals surface area contributed by atoms with Crippen molar-refractivity contribution in [3.8, 4) is 17.4 Å². The Hall–Kier alpha value is -4.71. The number of pyridine rings is 1. The average Bonchev–Trinajstić information content (AvgIpc) is 3.17. The van der Waals surface area contributed by atoms with E-state index in [1.54, 1.807) is 30.3 Å². The van der Waals surface area contributed by atoms with Gasteiger partial charge in [-0.3, -0.25) is 29.4 Å². The maximum atomic E-state index is 12.9. The summed E-state index contributed by atoms with van der Waals surface area (Å²) in [5.41, 5.74) is 2.08. The van der Waals surface area contributed by atoms with E-state index in [0.29, 0.717) is 28.7 Å². The minimum Gasteiger partial charge on any atom is -0.493 e. The summed E-state index contributed by atoms with van der Waals surface area (Å²) in [5, 5.41) is 13.0. The number of anilines is 1. The average molecular weight is 549 g/mol. The number of aromatic nitrogens is 1. The van der Waals surface area contributed by atoms with Crippen molar-refractivity contribution < 1.29 is 28.8 Å². The largest absolute Gasteiger partial charge is 0.493 e. The maximum Gasteiger partial charge on any atom is 0.294 e. The molecule has 0 bridgehead atoms. The molecule has 1 fully saturated rings. The van der Waals surface area contributed by atoms with Gasteiger partial charge in [0.05, 0.1) is 16.9 Å². The van der Waals surface area contributed by atoms with Gasteiger partial charge in [0.2, 0.25) is 11.8 Å². The number of thioether (sulfide) groups is 1. The van der Waals surface area contributed by atoms with Gasteiger partial charge in [-0.2, -0.15) is 0 Å².